The van der Waals surface area contributed by atoms with Crippen molar-refractivity contribution in [3.8, 4) is 10.4 Å². The molecular weight excluding hydrogens is 545 g/mol. The number of nitrogens with zero attached hydrogens (tertiary/aromatic N) is 3. The van der Waals surface area contributed by atoms with Crippen LogP contribution in [0.2, 0.25) is 0 Å². The molecule has 2 aliphatic heterocycles. The van der Waals surface area contributed by atoms with Gasteiger partial charge in [0.2, 0.25) is 6.41 Å². The van der Waals surface area contributed by atoms with Gasteiger partial charge in [0.05, 0.1) is 23.2 Å². The number of rotatable bonds is 7. The molecule has 2 aromatic heterocycles. The van der Waals surface area contributed by atoms with E-state index in [0.717, 1.165) is 36.6 Å². The molecule has 0 radical (unpaired) electrons. The molecule has 2 saturated heterocycles. The van der Waals surface area contributed by atoms with E-state index in [0.29, 0.717) is 36.2 Å². The molecule has 2 amide bonds. The highest BCUT2D eigenvalue weighted by molar-refractivity contribution is 7.17. The minimum Gasteiger partial charge on any atom is -0.379 e. The van der Waals surface area contributed by atoms with Crippen LogP contribution in [0.5, 0.6) is 0 Å². The Morgan fingerprint density at radius 2 is 2.03 bits per heavy atom. The van der Waals surface area contributed by atoms with E-state index in [9.17, 15) is 31.5 Å². The number of nitrogens with one attached hydrogen (secondary N) is 2. The largest absolute Gasteiger partial charge is 0.405 e. The summed E-state index contributed by atoms with van der Waals surface area (Å²) in [7, 11) is 0. The van der Waals surface area contributed by atoms with Gasteiger partial charge in [0.15, 0.2) is 5.01 Å². The zero-order valence-corrected chi connectivity index (χ0v) is 23.1. The molecule has 2 aromatic rings. The van der Waals surface area contributed by atoms with Crippen molar-refractivity contribution >= 4 is 29.5 Å². The summed E-state index contributed by atoms with van der Waals surface area (Å²) in [6, 6.07) is 1.24. The lowest BCUT2D eigenvalue weighted by molar-refractivity contribution is -0.118. The van der Waals surface area contributed by atoms with Crippen molar-refractivity contribution in [3.63, 3.8) is 0 Å². The quantitative estimate of drug-likeness (QED) is 0.328. The zero-order chi connectivity index (χ0) is 29.2. The number of amides is 2. The lowest BCUT2D eigenvalue weighted by Gasteiger charge is -2.13. The SMILES string of the molecule is CC.CC1CCCN1C=O.Cc1nc(C(=O)NC2CCOC2)sc1-c1cnc(NCC(F)(F)F)cc1C(F)F. The van der Waals surface area contributed by atoms with E-state index >= 15 is 0 Å². The molecule has 218 valence electrons. The van der Waals surface area contributed by atoms with Crippen LogP contribution < -0.4 is 10.6 Å². The van der Waals surface area contributed by atoms with Crippen molar-refractivity contribution in [2.75, 3.05) is 31.6 Å². The number of carbonyl (C=O) groups excluding carboxylic acids is 2. The number of likely N-dealkylation sites (tertiary alicyclic amines) is 1. The van der Waals surface area contributed by atoms with Crippen LogP contribution in [-0.2, 0) is 9.53 Å². The Morgan fingerprint density at radius 3 is 2.54 bits per heavy atom. The van der Waals surface area contributed by atoms with Crippen LogP contribution in [0.1, 0.15) is 67.5 Å². The predicted octanol–water partition coefficient (Wildman–Crippen LogP) is 5.60. The maximum Gasteiger partial charge on any atom is 0.405 e. The molecule has 2 fully saturated rings. The van der Waals surface area contributed by atoms with Crippen LogP contribution in [0.4, 0.5) is 27.8 Å². The maximum absolute atomic E-state index is 13.5. The molecule has 0 bridgehead atoms. The number of ether oxygens (including phenoxy) is 1. The van der Waals surface area contributed by atoms with Crippen molar-refractivity contribution in [2.24, 2.45) is 0 Å². The van der Waals surface area contributed by atoms with Crippen molar-refractivity contribution in [3.05, 3.63) is 28.5 Å². The Morgan fingerprint density at radius 1 is 1.31 bits per heavy atom. The van der Waals surface area contributed by atoms with Crippen LogP contribution in [0, 0.1) is 6.92 Å². The van der Waals surface area contributed by atoms with Crippen LogP contribution in [0.15, 0.2) is 12.3 Å². The molecule has 0 aliphatic carbocycles. The number of halogens is 5. The molecule has 2 unspecified atom stereocenters. The molecule has 2 atom stereocenters. The van der Waals surface area contributed by atoms with Crippen LogP contribution in [0.3, 0.4) is 0 Å². The molecule has 14 heteroatoms. The lowest BCUT2D eigenvalue weighted by Crippen LogP contribution is -2.34. The van der Waals surface area contributed by atoms with E-state index < -0.39 is 30.6 Å². The molecule has 4 heterocycles. The van der Waals surface area contributed by atoms with Crippen LogP contribution >= 0.6 is 11.3 Å². The van der Waals surface area contributed by atoms with Gasteiger partial charge in [0.25, 0.3) is 12.3 Å². The Balaban J connectivity index is 0.000000451. The summed E-state index contributed by atoms with van der Waals surface area (Å²) in [5.74, 6) is -0.752. The Bertz CT molecular complexity index is 1080. The van der Waals surface area contributed by atoms with Gasteiger partial charge in [-0.05, 0) is 39.2 Å². The predicted molar refractivity (Wildman–Crippen MR) is 139 cm³/mol. The van der Waals surface area contributed by atoms with Gasteiger partial charge in [-0.15, -0.1) is 11.3 Å². The minimum absolute atomic E-state index is 0.0239. The number of alkyl halides is 5. The molecule has 0 spiro atoms. The minimum atomic E-state index is -4.51. The summed E-state index contributed by atoms with van der Waals surface area (Å²) in [6.07, 6.45) is -2.42. The van der Waals surface area contributed by atoms with Gasteiger partial charge < -0.3 is 20.3 Å². The van der Waals surface area contributed by atoms with Gasteiger partial charge in [-0.2, -0.15) is 13.2 Å². The number of carbonyl (C=O) groups is 2. The van der Waals surface area contributed by atoms with E-state index in [4.69, 9.17) is 4.74 Å². The molecule has 0 saturated carbocycles. The van der Waals surface area contributed by atoms with Crippen molar-refractivity contribution in [1.29, 1.82) is 0 Å². The van der Waals surface area contributed by atoms with Crippen molar-refractivity contribution < 1.29 is 36.3 Å². The first-order valence-electron chi connectivity index (χ1n) is 12.6. The van der Waals surface area contributed by atoms with E-state index in [2.05, 4.69) is 22.2 Å². The van der Waals surface area contributed by atoms with E-state index in [1.54, 1.807) is 6.92 Å². The maximum atomic E-state index is 13.5. The lowest BCUT2D eigenvalue weighted by atomic mass is 10.1. The van der Waals surface area contributed by atoms with Gasteiger partial charge >= 0.3 is 6.18 Å². The van der Waals surface area contributed by atoms with E-state index in [-0.39, 0.29) is 22.4 Å². The van der Waals surface area contributed by atoms with E-state index in [1.807, 2.05) is 24.1 Å². The second-order valence-electron chi connectivity index (χ2n) is 8.73. The molecular formula is C25H34F5N5O3S. The monoisotopic (exact) mass is 579 g/mol. The highest BCUT2D eigenvalue weighted by Gasteiger charge is 2.28. The fourth-order valence-corrected chi connectivity index (χ4v) is 4.88. The average Bonchev–Trinajstić information content (AvgIpc) is 3.65. The van der Waals surface area contributed by atoms with Gasteiger partial charge in [-0.25, -0.2) is 18.7 Å². The first kappa shape index (κ1) is 32.3. The second kappa shape index (κ2) is 15.1. The first-order chi connectivity index (χ1) is 18.5. The normalized spacial score (nSPS) is 18.7. The molecule has 0 aromatic carbocycles. The summed E-state index contributed by atoms with van der Waals surface area (Å²) >= 11 is 0.921. The van der Waals surface area contributed by atoms with Crippen LogP contribution in [0.25, 0.3) is 10.4 Å². The Kier molecular flexibility index (Phi) is 12.5. The number of thiazole rings is 1. The standard InChI is InChI=1S/C17H17F5N4O2S.C6H11NO.C2H6/c1-8-13(29-16(25-8)15(27)26-9-2-3-28-6-9)11-5-23-12(4-10(11)14(18)19)24-7-17(20,21)22;1-6-3-2-4-7(6)5-8;1-2/h4-5,9,14H,2-3,6-7H2,1H3,(H,23,24)(H,26,27);5-6H,2-4H2,1H3;1-2H3. The fraction of sp³-hybridized carbons (Fsp3) is 0.600. The summed E-state index contributed by atoms with van der Waals surface area (Å²) < 4.78 is 69.3. The first-order valence-corrected chi connectivity index (χ1v) is 13.5. The van der Waals surface area contributed by atoms with Crippen molar-refractivity contribution in [2.45, 2.75) is 71.6 Å². The van der Waals surface area contributed by atoms with Gasteiger partial charge in [-0.1, -0.05) is 13.8 Å². The molecule has 8 nitrogen and oxygen atoms in total. The topological polar surface area (TPSA) is 96.5 Å². The van der Waals surface area contributed by atoms with Crippen molar-refractivity contribution in [1.82, 2.24) is 20.2 Å². The van der Waals surface area contributed by atoms with E-state index in [1.165, 1.54) is 12.8 Å². The highest BCUT2D eigenvalue weighted by atomic mass is 32.1. The highest BCUT2D eigenvalue weighted by Crippen LogP contribution is 2.37. The zero-order valence-electron chi connectivity index (χ0n) is 22.3. The second-order valence-corrected chi connectivity index (χ2v) is 9.73. The number of pyridine rings is 1. The summed E-state index contributed by atoms with van der Waals surface area (Å²) in [5.41, 5.74) is -0.120. The fourth-order valence-electron chi connectivity index (χ4n) is 3.88. The average molecular weight is 580 g/mol. The Labute approximate surface area is 228 Å². The molecule has 2 aliphatic rings. The van der Waals surface area contributed by atoms with Gasteiger partial charge in [0.1, 0.15) is 12.4 Å². The Hall–Kier alpha value is -2.87. The number of aromatic nitrogens is 2. The molecule has 2 N–H and O–H groups in total. The van der Waals surface area contributed by atoms with Gasteiger partial charge in [-0.3, -0.25) is 9.59 Å². The molecule has 4 rings (SSSR count). The third-order valence-corrected chi connectivity index (χ3v) is 7.07. The number of anilines is 1. The van der Waals surface area contributed by atoms with Gasteiger partial charge in [0, 0.05) is 36.5 Å². The number of hydrogen-bond donors (Lipinski definition) is 2. The third-order valence-electron chi connectivity index (χ3n) is 5.88. The molecule has 39 heavy (non-hydrogen) atoms. The summed E-state index contributed by atoms with van der Waals surface area (Å²) in [6.45, 7) is 8.16. The van der Waals surface area contributed by atoms with Crippen LogP contribution in [-0.4, -0.2) is 71.7 Å². The smallest absolute Gasteiger partial charge is 0.379 e. The summed E-state index contributed by atoms with van der Waals surface area (Å²) in [5, 5.41) is 4.85. The third kappa shape index (κ3) is 9.67. The number of hydrogen-bond acceptors (Lipinski definition) is 7. The number of aryl methyl sites for hydroxylation is 1. The summed E-state index contributed by atoms with van der Waals surface area (Å²) in [4.78, 5) is 32.6.